The van der Waals surface area contributed by atoms with Crippen LogP contribution in [0.3, 0.4) is 0 Å². The highest BCUT2D eigenvalue weighted by Gasteiger charge is 2.18. The van der Waals surface area contributed by atoms with Crippen molar-refractivity contribution in [2.45, 2.75) is 20.8 Å². The number of fused-ring (bicyclic) bond motifs is 8. The minimum atomic E-state index is 0.897. The molecule has 0 saturated heterocycles. The summed E-state index contributed by atoms with van der Waals surface area (Å²) < 4.78 is 0. The molecule has 0 unspecified atom stereocenters. The van der Waals surface area contributed by atoms with E-state index in [2.05, 4.69) is 160 Å². The normalized spacial score (nSPS) is 11.9. The number of hydrogen-bond donors (Lipinski definition) is 2. The van der Waals surface area contributed by atoms with Gasteiger partial charge in [-0.25, -0.2) is 9.97 Å². The quantitative estimate of drug-likeness (QED) is 0.141. The lowest BCUT2D eigenvalue weighted by Crippen LogP contribution is -1.95. The second-order valence-electron chi connectivity index (χ2n) is 10.9. The third-order valence-electron chi connectivity index (χ3n) is 7.73. The van der Waals surface area contributed by atoms with Gasteiger partial charge >= 0.3 is 0 Å². The molecular formula is C37H27IN4S. The molecule has 43 heavy (non-hydrogen) atoms. The van der Waals surface area contributed by atoms with Crippen molar-refractivity contribution < 1.29 is 0 Å². The molecule has 2 aliphatic heterocycles. The zero-order valence-electron chi connectivity index (χ0n) is 23.9. The van der Waals surface area contributed by atoms with Crippen LogP contribution in [0.2, 0.25) is 0 Å². The van der Waals surface area contributed by atoms with Crippen molar-refractivity contribution in [3.63, 3.8) is 0 Å². The molecule has 2 aromatic carbocycles. The minimum absolute atomic E-state index is 0.897. The van der Waals surface area contributed by atoms with Gasteiger partial charge in [-0.2, -0.15) is 0 Å². The number of nitrogens with one attached hydrogen (secondary N) is 2. The second-order valence-corrected chi connectivity index (χ2v) is 12.5. The first-order valence-corrected chi connectivity index (χ1v) is 17.4. The first-order valence-electron chi connectivity index (χ1n) is 14.0. The van der Waals surface area contributed by atoms with E-state index < -0.39 is 0 Å². The smallest absolute Gasteiger partial charge is 0.0738 e. The van der Waals surface area contributed by atoms with Crippen molar-refractivity contribution >= 4 is 76.5 Å². The Bertz CT molecular complexity index is 2090. The van der Waals surface area contributed by atoms with Gasteiger partial charge in [0.2, 0.25) is 0 Å². The Hall–Kier alpha value is -4.32. The number of aryl methyl sites for hydroxylation is 3. The highest BCUT2D eigenvalue weighted by Crippen LogP contribution is 2.36. The predicted octanol–water partition coefficient (Wildman–Crippen LogP) is 10.3. The molecule has 2 N–H and O–H groups in total. The van der Waals surface area contributed by atoms with Gasteiger partial charge in [-0.05, 0) is 130 Å². The zero-order valence-corrected chi connectivity index (χ0v) is 26.9. The van der Waals surface area contributed by atoms with E-state index in [9.17, 15) is 0 Å². The van der Waals surface area contributed by atoms with Gasteiger partial charge in [0.25, 0.3) is 0 Å². The van der Waals surface area contributed by atoms with Crippen LogP contribution in [-0.4, -0.2) is 19.9 Å². The van der Waals surface area contributed by atoms with Gasteiger partial charge in [0.05, 0.1) is 22.8 Å². The number of H-pyrrole nitrogens is 2. The highest BCUT2D eigenvalue weighted by molar-refractivity contribution is 14.2. The molecule has 0 saturated carbocycles. The van der Waals surface area contributed by atoms with Gasteiger partial charge in [-0.3, -0.25) is 0 Å². The summed E-state index contributed by atoms with van der Waals surface area (Å²) in [4.78, 5) is 17.5. The average Bonchev–Trinajstić information content (AvgIpc) is 3.80. The molecule has 0 amide bonds. The molecule has 0 radical (unpaired) electrons. The summed E-state index contributed by atoms with van der Waals surface area (Å²) in [6, 6.07) is 25.6. The molecule has 4 nitrogen and oxygen atoms in total. The van der Waals surface area contributed by atoms with Crippen molar-refractivity contribution in [2.24, 2.45) is 0 Å². The molecule has 3 aromatic heterocycles. The van der Waals surface area contributed by atoms with Crippen molar-refractivity contribution in [3.8, 4) is 33.4 Å². The Balaban J connectivity index is 1.52. The number of aromatic nitrogens is 4. The van der Waals surface area contributed by atoms with Crippen LogP contribution in [0.25, 0.3) is 68.6 Å². The highest BCUT2D eigenvalue weighted by atomic mass is 127. The van der Waals surface area contributed by atoms with Gasteiger partial charge in [-0.15, -0.1) is 0 Å². The Morgan fingerprint density at radius 3 is 1.72 bits per heavy atom. The molecule has 2 aliphatic rings. The van der Waals surface area contributed by atoms with Gasteiger partial charge < -0.3 is 9.97 Å². The number of rotatable bonds is 2. The molecule has 0 aliphatic carbocycles. The molecule has 6 heteroatoms. The Labute approximate surface area is 267 Å². The summed E-state index contributed by atoms with van der Waals surface area (Å²) in [5, 5.41) is 3.07. The Kier molecular flexibility index (Phi) is 7.29. The van der Waals surface area contributed by atoms with E-state index in [0.29, 0.717) is 0 Å². The van der Waals surface area contributed by atoms with E-state index in [4.69, 9.17) is 9.97 Å². The predicted molar refractivity (Wildman–Crippen MR) is 192 cm³/mol. The molecule has 8 bridgehead atoms. The van der Waals surface area contributed by atoms with E-state index in [-0.39, 0.29) is 0 Å². The monoisotopic (exact) mass is 686 g/mol. The van der Waals surface area contributed by atoms with Crippen LogP contribution in [0.15, 0.2) is 72.8 Å². The van der Waals surface area contributed by atoms with Crippen LogP contribution >= 0.6 is 30.1 Å². The average molecular weight is 687 g/mol. The Morgan fingerprint density at radius 2 is 1.19 bits per heavy atom. The number of halogens is 1. The first kappa shape index (κ1) is 27.5. The van der Waals surface area contributed by atoms with Crippen LogP contribution in [0, 0.1) is 31.9 Å². The van der Waals surface area contributed by atoms with Gasteiger partial charge in [0.1, 0.15) is 0 Å². The van der Waals surface area contributed by atoms with Crippen LogP contribution in [0.5, 0.6) is 0 Å². The maximum atomic E-state index is 5.10. The van der Waals surface area contributed by atoms with Crippen LogP contribution in [0.4, 0.5) is 0 Å². The lowest BCUT2D eigenvalue weighted by Gasteiger charge is -2.13. The largest absolute Gasteiger partial charge is 0.355 e. The lowest BCUT2D eigenvalue weighted by molar-refractivity contribution is 1.25. The maximum Gasteiger partial charge on any atom is 0.0738 e. The number of benzene rings is 2. The van der Waals surface area contributed by atoms with Crippen LogP contribution < -0.4 is 0 Å². The van der Waals surface area contributed by atoms with E-state index in [1.165, 1.54) is 31.2 Å². The fraction of sp³-hybridized carbons (Fsp3) is 0.0811. The van der Waals surface area contributed by atoms with Crippen molar-refractivity contribution in [1.82, 2.24) is 19.9 Å². The van der Waals surface area contributed by atoms with Gasteiger partial charge in [-0.1, -0.05) is 35.7 Å². The zero-order chi connectivity index (χ0) is 29.5. The summed E-state index contributed by atoms with van der Waals surface area (Å²) in [7, 11) is 1.49. The van der Waals surface area contributed by atoms with E-state index in [0.717, 1.165) is 67.1 Å². The molecule has 0 spiro atoms. The topological polar surface area (TPSA) is 57.4 Å². The molecule has 0 fully saturated rings. The standard InChI is InChI=1S/C37H27IN4S/c1-22-18-23(2)35(24(3)19-22)37-33-14-10-29(41-33)20-27-8-12-31(39-27)36(26-6-4-25(5-7-26)16-17-43-38)32-13-9-28(40-32)21-30-11-15-34(37)42-30/h4-15,18-21,39-40H,1-3H3. The lowest BCUT2D eigenvalue weighted by atomic mass is 9.92. The molecule has 7 rings (SSSR count). The van der Waals surface area contributed by atoms with Gasteiger partial charge in [0.15, 0.2) is 0 Å². The second kappa shape index (κ2) is 11.4. The maximum absolute atomic E-state index is 5.10. The summed E-state index contributed by atoms with van der Waals surface area (Å²) in [5.41, 5.74) is 16.8. The molecule has 208 valence electrons. The SMILES string of the molecule is Cc1cc(C)c(-c2c3nc(cc4ccc([nH]4)c(-c4ccc(C#CSI)cc4)c4ccc(cc5nc2C=C5)[nH]4)C=C3)c(C)c1. The van der Waals surface area contributed by atoms with Crippen molar-refractivity contribution in [3.05, 3.63) is 118 Å². The third-order valence-corrected chi connectivity index (χ3v) is 8.57. The van der Waals surface area contributed by atoms with Crippen molar-refractivity contribution in [2.75, 3.05) is 0 Å². The number of nitrogens with zero attached hydrogens (tertiary/aromatic N) is 2. The number of hydrogen-bond acceptors (Lipinski definition) is 3. The van der Waals surface area contributed by atoms with E-state index in [1.807, 2.05) is 0 Å². The molecular weight excluding hydrogens is 659 g/mol. The molecule has 0 atom stereocenters. The van der Waals surface area contributed by atoms with Crippen molar-refractivity contribution in [1.29, 1.82) is 0 Å². The summed E-state index contributed by atoms with van der Waals surface area (Å²) in [5.74, 6) is 3.18. The van der Waals surface area contributed by atoms with Gasteiger partial charge in [0, 0.05) is 60.0 Å². The fourth-order valence-electron chi connectivity index (χ4n) is 6.01. The molecule has 5 heterocycles. The summed E-state index contributed by atoms with van der Waals surface area (Å²) >= 11 is 2.19. The summed E-state index contributed by atoms with van der Waals surface area (Å²) in [6.45, 7) is 6.49. The number of aromatic amines is 2. The van der Waals surface area contributed by atoms with E-state index >= 15 is 0 Å². The third kappa shape index (κ3) is 5.47. The van der Waals surface area contributed by atoms with Crippen LogP contribution in [-0.2, 0) is 0 Å². The van der Waals surface area contributed by atoms with Crippen LogP contribution in [0.1, 0.15) is 45.0 Å². The first-order chi connectivity index (χ1) is 20.9. The molecule has 5 aromatic rings. The Morgan fingerprint density at radius 1 is 0.628 bits per heavy atom. The minimum Gasteiger partial charge on any atom is -0.355 e. The van der Waals surface area contributed by atoms with E-state index in [1.54, 1.807) is 0 Å². The summed E-state index contributed by atoms with van der Waals surface area (Å²) in [6.07, 6.45) is 8.38. The fourth-order valence-corrected chi connectivity index (χ4v) is 6.50.